The lowest BCUT2D eigenvalue weighted by molar-refractivity contribution is 0.124. The Kier molecular flexibility index (Phi) is 3.01. The third-order valence-electron chi connectivity index (χ3n) is 2.01. The van der Waals surface area contributed by atoms with Gasteiger partial charge in [0, 0.05) is 12.4 Å². The van der Waals surface area contributed by atoms with Gasteiger partial charge in [-0.05, 0) is 23.8 Å². The van der Waals surface area contributed by atoms with E-state index >= 15 is 0 Å². The fourth-order valence-electron chi connectivity index (χ4n) is 1.33. The average Bonchev–Trinajstić information content (AvgIpc) is 2.71. The Morgan fingerprint density at radius 2 is 2.33 bits per heavy atom. The van der Waals surface area contributed by atoms with Crippen LogP contribution in [0, 0.1) is 0 Å². The van der Waals surface area contributed by atoms with Gasteiger partial charge in [-0.1, -0.05) is 17.7 Å². The molecule has 78 valence electrons. The first-order valence-corrected chi connectivity index (χ1v) is 4.79. The molecule has 1 aromatic heterocycles. The van der Waals surface area contributed by atoms with Crippen molar-refractivity contribution in [3.05, 3.63) is 47.2 Å². The van der Waals surface area contributed by atoms with Crippen molar-refractivity contribution in [1.29, 1.82) is 0 Å². The summed E-state index contributed by atoms with van der Waals surface area (Å²) in [5.74, 6) is 4.98. The summed E-state index contributed by atoms with van der Waals surface area (Å²) in [4.78, 5) is 4.53. The van der Waals surface area contributed by atoms with Gasteiger partial charge in [0.1, 0.15) is 0 Å². The molecule has 1 heterocycles. The first kappa shape index (κ1) is 10.2. The van der Waals surface area contributed by atoms with E-state index in [9.17, 15) is 0 Å². The van der Waals surface area contributed by atoms with Crippen LogP contribution in [0.3, 0.4) is 0 Å². The topological polar surface area (TPSA) is 53.1 Å². The van der Waals surface area contributed by atoms with Gasteiger partial charge in [0.2, 0.25) is 0 Å². The molecule has 2 rings (SSSR count). The summed E-state index contributed by atoms with van der Waals surface area (Å²) in [7, 11) is 0. The minimum absolute atomic E-state index is 0.346. The molecule has 0 amide bonds. The number of nitrogens with two attached hydrogens (primary N) is 1. The molecule has 0 bridgehead atoms. The quantitative estimate of drug-likeness (QED) is 0.809. The summed E-state index contributed by atoms with van der Waals surface area (Å²) >= 11 is 6.10. The van der Waals surface area contributed by atoms with Crippen molar-refractivity contribution in [2.45, 2.75) is 6.61 Å². The van der Waals surface area contributed by atoms with Crippen LogP contribution in [0.5, 0.6) is 0 Å². The van der Waals surface area contributed by atoms with Crippen molar-refractivity contribution in [2.24, 2.45) is 5.90 Å². The van der Waals surface area contributed by atoms with Crippen molar-refractivity contribution in [3.63, 3.8) is 0 Å². The SMILES string of the molecule is NOCc1ccc(-n2cccn2)c(Cl)c1. The van der Waals surface area contributed by atoms with Gasteiger partial charge in [0.25, 0.3) is 0 Å². The van der Waals surface area contributed by atoms with Crippen LogP contribution in [0.4, 0.5) is 0 Å². The fourth-order valence-corrected chi connectivity index (χ4v) is 1.62. The van der Waals surface area contributed by atoms with Gasteiger partial charge in [0.15, 0.2) is 0 Å². The molecule has 0 radical (unpaired) electrons. The molecule has 0 aliphatic rings. The van der Waals surface area contributed by atoms with Crippen LogP contribution in [0.25, 0.3) is 5.69 Å². The Balaban J connectivity index is 2.35. The number of hydrogen-bond donors (Lipinski definition) is 1. The molecule has 5 heteroatoms. The lowest BCUT2D eigenvalue weighted by Crippen LogP contribution is -2.00. The summed E-state index contributed by atoms with van der Waals surface area (Å²) in [6, 6.07) is 7.43. The predicted octanol–water partition coefficient (Wildman–Crippen LogP) is 1.92. The fraction of sp³-hybridized carbons (Fsp3) is 0.100. The number of rotatable bonds is 3. The van der Waals surface area contributed by atoms with Crippen molar-refractivity contribution in [3.8, 4) is 5.69 Å². The number of nitrogens with zero attached hydrogens (tertiary/aromatic N) is 2. The van der Waals surface area contributed by atoms with Crippen molar-refractivity contribution in [1.82, 2.24) is 9.78 Å². The van der Waals surface area contributed by atoms with E-state index < -0.39 is 0 Å². The van der Waals surface area contributed by atoms with Crippen LogP contribution in [-0.4, -0.2) is 9.78 Å². The molecule has 0 spiro atoms. The highest BCUT2D eigenvalue weighted by atomic mass is 35.5. The highest BCUT2D eigenvalue weighted by Gasteiger charge is 2.03. The summed E-state index contributed by atoms with van der Waals surface area (Å²) in [6.07, 6.45) is 3.54. The molecule has 1 aromatic carbocycles. The highest BCUT2D eigenvalue weighted by molar-refractivity contribution is 6.32. The van der Waals surface area contributed by atoms with Gasteiger partial charge in [0.05, 0.1) is 17.3 Å². The average molecular weight is 224 g/mol. The lowest BCUT2D eigenvalue weighted by atomic mass is 10.2. The molecular weight excluding hydrogens is 214 g/mol. The third-order valence-corrected chi connectivity index (χ3v) is 2.32. The molecular formula is C10H10ClN3O. The molecule has 0 unspecified atom stereocenters. The number of halogens is 1. The normalized spacial score (nSPS) is 10.5. The zero-order valence-electron chi connectivity index (χ0n) is 7.93. The van der Waals surface area contributed by atoms with E-state index in [0.29, 0.717) is 11.6 Å². The van der Waals surface area contributed by atoms with E-state index in [1.54, 1.807) is 10.9 Å². The summed E-state index contributed by atoms with van der Waals surface area (Å²) in [5.41, 5.74) is 1.76. The van der Waals surface area contributed by atoms with Crippen LogP contribution in [0.15, 0.2) is 36.7 Å². The van der Waals surface area contributed by atoms with Gasteiger partial charge in [-0.15, -0.1) is 0 Å². The number of hydrogen-bond acceptors (Lipinski definition) is 3. The van der Waals surface area contributed by atoms with Crippen molar-refractivity contribution >= 4 is 11.6 Å². The molecule has 0 fully saturated rings. The van der Waals surface area contributed by atoms with E-state index in [0.717, 1.165) is 11.3 Å². The van der Waals surface area contributed by atoms with Crippen LogP contribution in [0.1, 0.15) is 5.56 Å². The van der Waals surface area contributed by atoms with Crippen molar-refractivity contribution in [2.75, 3.05) is 0 Å². The maximum Gasteiger partial charge on any atom is 0.0930 e. The van der Waals surface area contributed by atoms with E-state index in [1.165, 1.54) is 0 Å². The highest BCUT2D eigenvalue weighted by Crippen LogP contribution is 2.21. The third kappa shape index (κ3) is 2.18. The second-order valence-corrected chi connectivity index (χ2v) is 3.45. The Bertz CT molecular complexity index is 442. The molecule has 0 saturated heterocycles. The maximum absolute atomic E-state index is 6.10. The Labute approximate surface area is 92.2 Å². The van der Waals surface area contributed by atoms with Gasteiger partial charge < -0.3 is 0 Å². The molecule has 0 aliphatic carbocycles. The van der Waals surface area contributed by atoms with Gasteiger partial charge in [-0.2, -0.15) is 5.10 Å². The monoisotopic (exact) mass is 223 g/mol. The second-order valence-electron chi connectivity index (χ2n) is 3.05. The molecule has 15 heavy (non-hydrogen) atoms. The Morgan fingerprint density at radius 3 is 2.93 bits per heavy atom. The largest absolute Gasteiger partial charge is 0.300 e. The van der Waals surface area contributed by atoms with E-state index in [-0.39, 0.29) is 0 Å². The van der Waals surface area contributed by atoms with Gasteiger partial charge >= 0.3 is 0 Å². The minimum atomic E-state index is 0.346. The van der Waals surface area contributed by atoms with Gasteiger partial charge in [-0.3, -0.25) is 4.84 Å². The molecule has 4 nitrogen and oxygen atoms in total. The predicted molar refractivity (Wildman–Crippen MR) is 57.6 cm³/mol. The van der Waals surface area contributed by atoms with E-state index in [4.69, 9.17) is 17.5 Å². The zero-order chi connectivity index (χ0) is 10.7. The summed E-state index contributed by atoms with van der Waals surface area (Å²) in [6.45, 7) is 0.346. The molecule has 2 aromatic rings. The van der Waals surface area contributed by atoms with E-state index in [1.807, 2.05) is 30.5 Å². The first-order valence-electron chi connectivity index (χ1n) is 4.41. The van der Waals surface area contributed by atoms with Crippen molar-refractivity contribution < 1.29 is 4.84 Å². The Hall–Kier alpha value is -1.36. The maximum atomic E-state index is 6.10. The van der Waals surface area contributed by atoms with Crippen LogP contribution in [-0.2, 0) is 11.4 Å². The molecule has 0 atom stereocenters. The standard InChI is InChI=1S/C10H10ClN3O/c11-9-6-8(7-15-12)2-3-10(9)14-5-1-4-13-14/h1-6H,7,12H2. The van der Waals surface area contributed by atoms with Crippen LogP contribution in [0.2, 0.25) is 5.02 Å². The lowest BCUT2D eigenvalue weighted by Gasteiger charge is -2.06. The van der Waals surface area contributed by atoms with Gasteiger partial charge in [-0.25, -0.2) is 10.6 Å². The Morgan fingerprint density at radius 1 is 1.47 bits per heavy atom. The molecule has 0 aliphatic heterocycles. The number of benzene rings is 1. The first-order chi connectivity index (χ1) is 7.31. The number of aromatic nitrogens is 2. The second kappa shape index (κ2) is 4.44. The van der Waals surface area contributed by atoms with Crippen LogP contribution < -0.4 is 5.90 Å². The smallest absolute Gasteiger partial charge is 0.0930 e. The zero-order valence-corrected chi connectivity index (χ0v) is 8.69. The molecule has 2 N–H and O–H groups in total. The van der Waals surface area contributed by atoms with Crippen LogP contribution >= 0.6 is 11.6 Å². The summed E-state index contributed by atoms with van der Waals surface area (Å²) < 4.78 is 1.70. The summed E-state index contributed by atoms with van der Waals surface area (Å²) in [5, 5.41) is 4.72. The molecule has 0 saturated carbocycles. The minimum Gasteiger partial charge on any atom is -0.300 e. The van der Waals surface area contributed by atoms with E-state index in [2.05, 4.69) is 9.94 Å².